The van der Waals surface area contributed by atoms with Crippen LogP contribution in [0.15, 0.2) is 0 Å². The third kappa shape index (κ3) is 5.53. The maximum atomic E-state index is 11.3. The molecule has 0 aliphatic rings. The second kappa shape index (κ2) is 7.40. The van der Waals surface area contributed by atoms with E-state index in [-0.39, 0.29) is 12.3 Å². The smallest absolute Gasteiger partial charge is 0.264 e. The Hall–Kier alpha value is -1.20. The van der Waals surface area contributed by atoms with Gasteiger partial charge in [-0.2, -0.15) is 0 Å². The second-order valence-corrected chi connectivity index (χ2v) is 6.31. The molecule has 2 unspecified atom stereocenters. The first kappa shape index (κ1) is 17.8. The SMILES string of the molecule is CCCCC(C([N+](=O)[O-])C(C)(C)CC(C)C)[N+](=O)[O-]. The monoisotopic (exact) mass is 274 g/mol. The maximum absolute atomic E-state index is 11.3. The van der Waals surface area contributed by atoms with Gasteiger partial charge in [-0.1, -0.05) is 41.0 Å². The van der Waals surface area contributed by atoms with E-state index in [2.05, 4.69) is 0 Å². The van der Waals surface area contributed by atoms with Gasteiger partial charge in [0.2, 0.25) is 0 Å². The van der Waals surface area contributed by atoms with Gasteiger partial charge < -0.3 is 0 Å². The van der Waals surface area contributed by atoms with E-state index in [1.165, 1.54) is 0 Å². The lowest BCUT2D eigenvalue weighted by Crippen LogP contribution is -2.49. The summed E-state index contributed by atoms with van der Waals surface area (Å²) in [5, 5.41) is 22.5. The zero-order chi connectivity index (χ0) is 15.2. The van der Waals surface area contributed by atoms with Crippen molar-refractivity contribution in [1.29, 1.82) is 0 Å². The van der Waals surface area contributed by atoms with Crippen molar-refractivity contribution in [2.24, 2.45) is 11.3 Å². The average molecular weight is 274 g/mol. The van der Waals surface area contributed by atoms with Gasteiger partial charge in [0.15, 0.2) is 0 Å². The van der Waals surface area contributed by atoms with Crippen molar-refractivity contribution in [1.82, 2.24) is 0 Å². The molecule has 6 nitrogen and oxygen atoms in total. The highest BCUT2D eigenvalue weighted by Crippen LogP contribution is 2.34. The van der Waals surface area contributed by atoms with Gasteiger partial charge in [-0.3, -0.25) is 20.2 Å². The van der Waals surface area contributed by atoms with Crippen LogP contribution in [-0.2, 0) is 0 Å². The lowest BCUT2D eigenvalue weighted by atomic mass is 9.74. The van der Waals surface area contributed by atoms with E-state index in [1.54, 1.807) is 13.8 Å². The summed E-state index contributed by atoms with van der Waals surface area (Å²) < 4.78 is 0. The highest BCUT2D eigenvalue weighted by molar-refractivity contribution is 4.85. The van der Waals surface area contributed by atoms with Gasteiger partial charge in [0.1, 0.15) is 0 Å². The zero-order valence-electron chi connectivity index (χ0n) is 12.6. The van der Waals surface area contributed by atoms with Crippen LogP contribution in [0.5, 0.6) is 0 Å². The number of unbranched alkanes of at least 4 members (excludes halogenated alkanes) is 1. The summed E-state index contributed by atoms with van der Waals surface area (Å²) in [5.41, 5.74) is -0.677. The largest absolute Gasteiger partial charge is 0.283 e. The molecule has 0 aromatic heterocycles. The molecular weight excluding hydrogens is 248 g/mol. The molecule has 112 valence electrons. The van der Waals surface area contributed by atoms with Crippen LogP contribution in [0, 0.1) is 31.6 Å². The molecule has 0 amide bonds. The number of nitro groups is 2. The van der Waals surface area contributed by atoms with E-state index in [1.807, 2.05) is 20.8 Å². The van der Waals surface area contributed by atoms with E-state index < -0.39 is 27.3 Å². The summed E-state index contributed by atoms with van der Waals surface area (Å²) in [6.07, 6.45) is 2.33. The molecule has 0 fully saturated rings. The lowest BCUT2D eigenvalue weighted by molar-refractivity contribution is -0.630. The van der Waals surface area contributed by atoms with Crippen molar-refractivity contribution < 1.29 is 9.85 Å². The molecule has 0 N–H and O–H groups in total. The van der Waals surface area contributed by atoms with Crippen LogP contribution in [0.1, 0.15) is 60.3 Å². The maximum Gasteiger partial charge on any atom is 0.283 e. The average Bonchev–Trinajstić information content (AvgIpc) is 2.20. The topological polar surface area (TPSA) is 86.3 Å². The quantitative estimate of drug-likeness (QED) is 0.475. The van der Waals surface area contributed by atoms with E-state index in [9.17, 15) is 20.2 Å². The molecule has 0 aliphatic heterocycles. The van der Waals surface area contributed by atoms with E-state index in [4.69, 9.17) is 0 Å². The van der Waals surface area contributed by atoms with Crippen LogP contribution in [0.25, 0.3) is 0 Å². The Morgan fingerprint density at radius 1 is 1.11 bits per heavy atom. The van der Waals surface area contributed by atoms with Gasteiger partial charge in [0.25, 0.3) is 12.1 Å². The van der Waals surface area contributed by atoms with Gasteiger partial charge >= 0.3 is 0 Å². The van der Waals surface area contributed by atoms with E-state index >= 15 is 0 Å². The molecule has 6 heteroatoms. The van der Waals surface area contributed by atoms with Crippen molar-refractivity contribution in [3.8, 4) is 0 Å². The van der Waals surface area contributed by atoms with Crippen molar-refractivity contribution in [3.05, 3.63) is 20.2 Å². The van der Waals surface area contributed by atoms with Crippen molar-refractivity contribution >= 4 is 0 Å². The number of rotatable bonds is 9. The summed E-state index contributed by atoms with van der Waals surface area (Å²) in [6, 6.07) is -2.22. The highest BCUT2D eigenvalue weighted by Gasteiger charge is 2.51. The molecule has 0 aromatic rings. The second-order valence-electron chi connectivity index (χ2n) is 6.31. The van der Waals surface area contributed by atoms with Gasteiger partial charge in [-0.05, 0) is 18.8 Å². The Labute approximate surface area is 114 Å². The van der Waals surface area contributed by atoms with Crippen molar-refractivity contribution in [2.45, 2.75) is 72.4 Å². The Kier molecular flexibility index (Phi) is 6.94. The predicted octanol–water partition coefficient (Wildman–Crippen LogP) is 3.54. The van der Waals surface area contributed by atoms with Gasteiger partial charge in [-0.15, -0.1) is 0 Å². The fourth-order valence-electron chi connectivity index (χ4n) is 2.91. The van der Waals surface area contributed by atoms with Gasteiger partial charge in [-0.25, -0.2) is 0 Å². The zero-order valence-corrected chi connectivity index (χ0v) is 12.6. The summed E-state index contributed by atoms with van der Waals surface area (Å²) in [7, 11) is 0. The fraction of sp³-hybridized carbons (Fsp3) is 1.00. The first-order valence-corrected chi connectivity index (χ1v) is 6.90. The molecule has 0 radical (unpaired) electrons. The minimum atomic E-state index is -1.13. The van der Waals surface area contributed by atoms with E-state index in [0.29, 0.717) is 12.8 Å². The number of nitrogens with zero attached hydrogens (tertiary/aromatic N) is 2. The minimum absolute atomic E-state index is 0.274. The first-order valence-electron chi connectivity index (χ1n) is 6.90. The summed E-state index contributed by atoms with van der Waals surface area (Å²) in [4.78, 5) is 21.6. The Morgan fingerprint density at radius 2 is 1.63 bits per heavy atom. The molecule has 0 bridgehead atoms. The first-order chi connectivity index (χ1) is 8.63. The third-order valence-electron chi connectivity index (χ3n) is 3.45. The molecule has 2 atom stereocenters. The van der Waals surface area contributed by atoms with Crippen LogP contribution >= 0.6 is 0 Å². The molecule has 0 saturated carbocycles. The molecule has 0 spiro atoms. The van der Waals surface area contributed by atoms with Gasteiger partial charge in [0, 0.05) is 21.7 Å². The van der Waals surface area contributed by atoms with Crippen molar-refractivity contribution in [2.75, 3.05) is 0 Å². The summed E-state index contributed by atoms with van der Waals surface area (Å²) in [6.45, 7) is 9.42. The van der Waals surface area contributed by atoms with E-state index in [0.717, 1.165) is 6.42 Å². The number of hydrogen-bond donors (Lipinski definition) is 0. The Morgan fingerprint density at radius 3 is 1.95 bits per heavy atom. The van der Waals surface area contributed by atoms with Crippen LogP contribution in [-0.4, -0.2) is 21.9 Å². The minimum Gasteiger partial charge on any atom is -0.264 e. The Bertz CT molecular complexity index is 316. The molecule has 0 rings (SSSR count). The molecule has 0 aromatic carbocycles. The molecule has 0 aliphatic carbocycles. The molecule has 0 saturated heterocycles. The highest BCUT2D eigenvalue weighted by atomic mass is 16.6. The number of hydrogen-bond acceptors (Lipinski definition) is 4. The Balaban J connectivity index is 5.24. The fourth-order valence-corrected chi connectivity index (χ4v) is 2.91. The van der Waals surface area contributed by atoms with Crippen LogP contribution in [0.3, 0.4) is 0 Å². The van der Waals surface area contributed by atoms with Crippen LogP contribution in [0.2, 0.25) is 0 Å². The van der Waals surface area contributed by atoms with Crippen molar-refractivity contribution in [3.63, 3.8) is 0 Å². The van der Waals surface area contributed by atoms with Crippen LogP contribution in [0.4, 0.5) is 0 Å². The summed E-state index contributed by atoms with van der Waals surface area (Å²) in [5.74, 6) is 0.274. The molecular formula is C13H26N2O4. The molecule has 19 heavy (non-hydrogen) atoms. The summed E-state index contributed by atoms with van der Waals surface area (Å²) >= 11 is 0. The lowest BCUT2D eigenvalue weighted by Gasteiger charge is -2.30. The van der Waals surface area contributed by atoms with Crippen LogP contribution < -0.4 is 0 Å². The standard InChI is InChI=1S/C13H26N2O4/c1-6-7-8-11(14(16)17)12(15(18)19)13(4,5)9-10(2)3/h10-12H,6-9H2,1-5H3. The predicted molar refractivity (Wildman–Crippen MR) is 74.3 cm³/mol. The van der Waals surface area contributed by atoms with Gasteiger partial charge in [0.05, 0.1) is 0 Å². The normalized spacial score (nSPS) is 15.3. The molecule has 0 heterocycles. The third-order valence-corrected chi connectivity index (χ3v) is 3.45.